The second-order valence-electron chi connectivity index (χ2n) is 4.36. The van der Waals surface area contributed by atoms with E-state index in [1.807, 2.05) is 0 Å². The van der Waals surface area contributed by atoms with Crippen LogP contribution in [0.5, 0.6) is 0 Å². The number of primary amides is 1. The summed E-state index contributed by atoms with van der Waals surface area (Å²) in [5.74, 6) is -1.30. The lowest BCUT2D eigenvalue weighted by Gasteiger charge is -2.07. The average molecular weight is 351 g/mol. The fourth-order valence-corrected chi connectivity index (χ4v) is 2.15. The summed E-state index contributed by atoms with van der Waals surface area (Å²) in [4.78, 5) is 22.9. The van der Waals surface area contributed by atoms with Crippen molar-refractivity contribution in [3.8, 4) is 0 Å². The second kappa shape index (κ2) is 6.49. The van der Waals surface area contributed by atoms with Gasteiger partial charge in [-0.05, 0) is 42.5 Å². The Balaban J connectivity index is 2.04. The Bertz CT molecular complexity index is 687. The molecule has 0 heterocycles. The zero-order valence-electron chi connectivity index (χ0n) is 10.9. The molecule has 0 aliphatic rings. The zero-order valence-corrected chi connectivity index (χ0v) is 12.5. The third-order valence-corrected chi connectivity index (χ3v) is 3.37. The molecule has 0 aliphatic carbocycles. The van der Waals surface area contributed by atoms with E-state index in [2.05, 4.69) is 21.2 Å². The van der Waals surface area contributed by atoms with Crippen LogP contribution in [-0.2, 0) is 6.54 Å². The third-order valence-electron chi connectivity index (χ3n) is 2.88. The smallest absolute Gasteiger partial charge is 0.251 e. The van der Waals surface area contributed by atoms with Crippen molar-refractivity contribution in [2.24, 2.45) is 5.73 Å². The first kappa shape index (κ1) is 15.2. The van der Waals surface area contributed by atoms with Gasteiger partial charge in [-0.15, -0.1) is 0 Å². The molecule has 0 radical (unpaired) electrons. The fourth-order valence-electron chi connectivity index (χ4n) is 1.74. The minimum atomic E-state index is -0.557. The quantitative estimate of drug-likeness (QED) is 0.889. The van der Waals surface area contributed by atoms with Crippen LogP contribution in [0.2, 0.25) is 0 Å². The van der Waals surface area contributed by atoms with Crippen LogP contribution in [0.1, 0.15) is 26.3 Å². The highest BCUT2D eigenvalue weighted by atomic mass is 79.9. The summed E-state index contributed by atoms with van der Waals surface area (Å²) in [6, 6.07) is 10.4. The monoisotopic (exact) mass is 350 g/mol. The van der Waals surface area contributed by atoms with Crippen LogP contribution < -0.4 is 11.1 Å². The van der Waals surface area contributed by atoms with Crippen molar-refractivity contribution in [2.45, 2.75) is 6.54 Å². The van der Waals surface area contributed by atoms with Gasteiger partial charge < -0.3 is 11.1 Å². The number of carbonyl (C=O) groups is 2. The Labute approximate surface area is 129 Å². The maximum Gasteiger partial charge on any atom is 0.251 e. The highest BCUT2D eigenvalue weighted by Crippen LogP contribution is 2.15. The van der Waals surface area contributed by atoms with Crippen molar-refractivity contribution in [2.75, 3.05) is 0 Å². The summed E-state index contributed by atoms with van der Waals surface area (Å²) in [6.07, 6.45) is 0. The molecule has 0 fully saturated rings. The second-order valence-corrected chi connectivity index (χ2v) is 5.28. The van der Waals surface area contributed by atoms with Crippen LogP contribution in [-0.4, -0.2) is 11.8 Å². The summed E-state index contributed by atoms with van der Waals surface area (Å²) >= 11 is 3.25. The largest absolute Gasteiger partial charge is 0.366 e. The van der Waals surface area contributed by atoms with Gasteiger partial charge in [-0.2, -0.15) is 0 Å². The molecular formula is C15H12BrFN2O2. The van der Waals surface area contributed by atoms with Crippen molar-refractivity contribution in [1.29, 1.82) is 0 Å². The summed E-state index contributed by atoms with van der Waals surface area (Å²) in [5.41, 5.74) is 6.20. The standard InChI is InChI=1S/C15H12BrFN2O2/c16-12-5-6-13(17)11(7-12)8-19-15(21)10-3-1-9(2-4-10)14(18)20/h1-7H,8H2,(H2,18,20)(H,19,21). The van der Waals surface area contributed by atoms with Crippen molar-refractivity contribution in [1.82, 2.24) is 5.32 Å². The van der Waals surface area contributed by atoms with Gasteiger partial charge in [-0.25, -0.2) is 4.39 Å². The summed E-state index contributed by atoms with van der Waals surface area (Å²) in [5, 5.41) is 2.62. The SMILES string of the molecule is NC(=O)c1ccc(C(=O)NCc2cc(Br)ccc2F)cc1. The minimum Gasteiger partial charge on any atom is -0.366 e. The number of nitrogens with two attached hydrogens (primary N) is 1. The zero-order chi connectivity index (χ0) is 15.4. The van der Waals surface area contributed by atoms with Gasteiger partial charge in [0.05, 0.1) is 0 Å². The molecule has 2 aromatic rings. The van der Waals surface area contributed by atoms with Gasteiger partial charge in [0.15, 0.2) is 0 Å². The molecule has 0 aliphatic heterocycles. The molecule has 21 heavy (non-hydrogen) atoms. The summed E-state index contributed by atoms with van der Waals surface area (Å²) in [6.45, 7) is 0.0711. The van der Waals surface area contributed by atoms with Gasteiger partial charge in [-0.3, -0.25) is 9.59 Å². The lowest BCUT2D eigenvalue weighted by atomic mass is 10.1. The third kappa shape index (κ3) is 3.88. The van der Waals surface area contributed by atoms with Gasteiger partial charge in [0.25, 0.3) is 5.91 Å². The molecular weight excluding hydrogens is 339 g/mol. The van der Waals surface area contributed by atoms with Crippen LogP contribution in [0.25, 0.3) is 0 Å². The summed E-state index contributed by atoms with van der Waals surface area (Å²) in [7, 11) is 0. The Morgan fingerprint density at radius 1 is 1.10 bits per heavy atom. The van der Waals surface area contributed by atoms with Crippen molar-refractivity contribution in [3.05, 3.63) is 69.4 Å². The normalized spacial score (nSPS) is 10.2. The highest BCUT2D eigenvalue weighted by molar-refractivity contribution is 9.10. The Morgan fingerprint density at radius 2 is 1.71 bits per heavy atom. The number of nitrogens with one attached hydrogen (secondary N) is 1. The first-order valence-electron chi connectivity index (χ1n) is 6.09. The Kier molecular flexibility index (Phi) is 4.70. The molecule has 0 saturated heterocycles. The number of hydrogen-bond acceptors (Lipinski definition) is 2. The molecule has 0 bridgehead atoms. The topological polar surface area (TPSA) is 72.2 Å². The van der Waals surface area contributed by atoms with Crippen LogP contribution in [0.3, 0.4) is 0 Å². The predicted octanol–water partition coefficient (Wildman–Crippen LogP) is 2.62. The molecule has 0 aromatic heterocycles. The molecule has 2 amide bonds. The number of rotatable bonds is 4. The number of benzene rings is 2. The van der Waals surface area contributed by atoms with Gasteiger partial charge in [0.2, 0.25) is 5.91 Å². The number of halogens is 2. The molecule has 108 valence electrons. The van der Waals surface area contributed by atoms with E-state index >= 15 is 0 Å². The van der Waals surface area contributed by atoms with Crippen molar-refractivity contribution in [3.63, 3.8) is 0 Å². The van der Waals surface area contributed by atoms with Crippen molar-refractivity contribution < 1.29 is 14.0 Å². The summed E-state index contributed by atoms with van der Waals surface area (Å²) < 4.78 is 14.3. The molecule has 6 heteroatoms. The van der Waals surface area contributed by atoms with E-state index in [9.17, 15) is 14.0 Å². The molecule has 0 atom stereocenters. The van der Waals surface area contributed by atoms with Gasteiger partial charge in [-0.1, -0.05) is 15.9 Å². The molecule has 0 saturated carbocycles. The number of amides is 2. The predicted molar refractivity (Wildman–Crippen MR) is 80.2 cm³/mol. The average Bonchev–Trinajstić information content (AvgIpc) is 2.48. The highest BCUT2D eigenvalue weighted by Gasteiger charge is 2.09. The lowest BCUT2D eigenvalue weighted by molar-refractivity contribution is 0.0948. The van der Waals surface area contributed by atoms with Crippen LogP contribution in [0.15, 0.2) is 46.9 Å². The molecule has 0 spiro atoms. The number of hydrogen-bond donors (Lipinski definition) is 2. The molecule has 3 N–H and O–H groups in total. The van der Waals surface area contributed by atoms with E-state index in [0.717, 1.165) is 4.47 Å². The van der Waals surface area contributed by atoms with E-state index < -0.39 is 5.91 Å². The van der Waals surface area contributed by atoms with Crippen LogP contribution in [0.4, 0.5) is 4.39 Å². The van der Waals surface area contributed by atoms with Gasteiger partial charge in [0.1, 0.15) is 5.82 Å². The van der Waals surface area contributed by atoms with E-state index in [0.29, 0.717) is 16.7 Å². The van der Waals surface area contributed by atoms with Gasteiger partial charge >= 0.3 is 0 Å². The van der Waals surface area contributed by atoms with E-state index in [-0.39, 0.29) is 18.3 Å². The maximum absolute atomic E-state index is 13.5. The van der Waals surface area contributed by atoms with Crippen molar-refractivity contribution >= 4 is 27.7 Å². The molecule has 2 aromatic carbocycles. The minimum absolute atomic E-state index is 0.0711. The van der Waals surface area contributed by atoms with Gasteiger partial charge in [0, 0.05) is 27.7 Å². The first-order valence-corrected chi connectivity index (χ1v) is 6.88. The van der Waals surface area contributed by atoms with Crippen LogP contribution >= 0.6 is 15.9 Å². The lowest BCUT2D eigenvalue weighted by Crippen LogP contribution is -2.23. The number of carbonyl (C=O) groups excluding carboxylic acids is 2. The van der Waals surface area contributed by atoms with E-state index in [1.54, 1.807) is 12.1 Å². The first-order chi connectivity index (χ1) is 9.97. The Morgan fingerprint density at radius 3 is 2.33 bits per heavy atom. The van der Waals surface area contributed by atoms with E-state index in [4.69, 9.17) is 5.73 Å². The fraction of sp³-hybridized carbons (Fsp3) is 0.0667. The van der Waals surface area contributed by atoms with E-state index in [1.165, 1.54) is 30.3 Å². The molecule has 4 nitrogen and oxygen atoms in total. The molecule has 0 unspecified atom stereocenters. The Hall–Kier alpha value is -2.21. The maximum atomic E-state index is 13.5. The van der Waals surface area contributed by atoms with Crippen LogP contribution in [0, 0.1) is 5.82 Å². The molecule has 2 rings (SSSR count).